The minimum absolute atomic E-state index is 0.634. The average molecular weight is 276 g/mol. The molecule has 1 aromatic carbocycles. The summed E-state index contributed by atoms with van der Waals surface area (Å²) in [6.07, 6.45) is 3.48. The van der Waals surface area contributed by atoms with Crippen LogP contribution in [-0.2, 0) is 0 Å². The van der Waals surface area contributed by atoms with Crippen molar-refractivity contribution in [3.63, 3.8) is 0 Å². The van der Waals surface area contributed by atoms with Gasteiger partial charge in [0.2, 0.25) is 0 Å². The standard InChI is InChI=1S/C16H24N2O2/c1-3-5-6-11-20-14-8-7-13(12-15(14)19-4-2)16-17-9-10-18-16/h7-8,12H,3-6,9-11H2,1-2H3,(H,17,18). The number of aliphatic imine (C=N–C) groups is 1. The topological polar surface area (TPSA) is 42.8 Å². The minimum Gasteiger partial charge on any atom is -0.490 e. The van der Waals surface area contributed by atoms with Gasteiger partial charge in [-0.2, -0.15) is 0 Å². The van der Waals surface area contributed by atoms with E-state index >= 15 is 0 Å². The summed E-state index contributed by atoms with van der Waals surface area (Å²) in [5.74, 6) is 2.58. The molecule has 0 spiro atoms. The van der Waals surface area contributed by atoms with Crippen LogP contribution >= 0.6 is 0 Å². The van der Waals surface area contributed by atoms with Crippen molar-refractivity contribution in [2.24, 2.45) is 4.99 Å². The van der Waals surface area contributed by atoms with Crippen molar-refractivity contribution in [2.75, 3.05) is 26.3 Å². The van der Waals surface area contributed by atoms with E-state index < -0.39 is 0 Å². The van der Waals surface area contributed by atoms with Gasteiger partial charge in [-0.3, -0.25) is 4.99 Å². The summed E-state index contributed by atoms with van der Waals surface area (Å²) in [5.41, 5.74) is 1.06. The highest BCUT2D eigenvalue weighted by Gasteiger charge is 2.12. The number of nitrogens with one attached hydrogen (secondary N) is 1. The lowest BCUT2D eigenvalue weighted by atomic mass is 10.2. The van der Waals surface area contributed by atoms with Gasteiger partial charge < -0.3 is 14.8 Å². The Morgan fingerprint density at radius 2 is 2.05 bits per heavy atom. The van der Waals surface area contributed by atoms with Gasteiger partial charge in [-0.25, -0.2) is 0 Å². The second kappa shape index (κ2) is 7.78. The van der Waals surface area contributed by atoms with Crippen LogP contribution in [0.4, 0.5) is 0 Å². The van der Waals surface area contributed by atoms with Crippen molar-refractivity contribution < 1.29 is 9.47 Å². The fourth-order valence-corrected chi connectivity index (χ4v) is 2.17. The summed E-state index contributed by atoms with van der Waals surface area (Å²) in [4.78, 5) is 4.43. The zero-order valence-electron chi connectivity index (χ0n) is 12.4. The van der Waals surface area contributed by atoms with E-state index in [2.05, 4.69) is 17.2 Å². The lowest BCUT2D eigenvalue weighted by molar-refractivity contribution is 0.271. The van der Waals surface area contributed by atoms with Gasteiger partial charge in [-0.15, -0.1) is 0 Å². The molecule has 4 heteroatoms. The molecule has 110 valence electrons. The first-order valence-corrected chi connectivity index (χ1v) is 7.53. The van der Waals surface area contributed by atoms with Gasteiger partial charge >= 0.3 is 0 Å². The molecule has 1 aliphatic heterocycles. The fraction of sp³-hybridized carbons (Fsp3) is 0.562. The van der Waals surface area contributed by atoms with Gasteiger partial charge in [-0.1, -0.05) is 19.8 Å². The van der Waals surface area contributed by atoms with E-state index in [1.54, 1.807) is 0 Å². The predicted octanol–water partition coefficient (Wildman–Crippen LogP) is 3.00. The summed E-state index contributed by atoms with van der Waals surface area (Å²) in [5, 5.41) is 3.28. The predicted molar refractivity (Wildman–Crippen MR) is 82.0 cm³/mol. The highest BCUT2D eigenvalue weighted by atomic mass is 16.5. The molecule has 4 nitrogen and oxygen atoms in total. The fourth-order valence-electron chi connectivity index (χ4n) is 2.17. The largest absolute Gasteiger partial charge is 0.490 e. The second-order valence-corrected chi connectivity index (χ2v) is 4.81. The first kappa shape index (κ1) is 14.7. The number of benzene rings is 1. The highest BCUT2D eigenvalue weighted by Crippen LogP contribution is 2.29. The Morgan fingerprint density at radius 3 is 2.75 bits per heavy atom. The molecule has 0 saturated carbocycles. The summed E-state index contributed by atoms with van der Waals surface area (Å²) in [7, 11) is 0. The highest BCUT2D eigenvalue weighted by molar-refractivity contribution is 6.00. The third-order valence-electron chi connectivity index (χ3n) is 3.20. The number of unbranched alkanes of at least 4 members (excludes halogenated alkanes) is 2. The molecule has 1 aromatic rings. The Balaban J connectivity index is 2.06. The van der Waals surface area contributed by atoms with Crippen molar-refractivity contribution >= 4 is 5.84 Å². The molecule has 0 unspecified atom stereocenters. The van der Waals surface area contributed by atoms with Gasteiger partial charge in [0.25, 0.3) is 0 Å². The smallest absolute Gasteiger partial charge is 0.161 e. The van der Waals surface area contributed by atoms with E-state index in [0.29, 0.717) is 6.61 Å². The zero-order valence-corrected chi connectivity index (χ0v) is 12.4. The molecular formula is C16H24N2O2. The summed E-state index contributed by atoms with van der Waals surface area (Å²) in [6.45, 7) is 7.30. The number of amidine groups is 1. The molecule has 0 saturated heterocycles. The Morgan fingerprint density at radius 1 is 1.15 bits per heavy atom. The summed E-state index contributed by atoms with van der Waals surface area (Å²) >= 11 is 0. The number of ether oxygens (including phenoxy) is 2. The van der Waals surface area contributed by atoms with E-state index in [1.807, 2.05) is 25.1 Å². The van der Waals surface area contributed by atoms with Crippen molar-refractivity contribution in [1.82, 2.24) is 5.32 Å². The van der Waals surface area contributed by atoms with Crippen LogP contribution in [0.5, 0.6) is 11.5 Å². The third-order valence-corrected chi connectivity index (χ3v) is 3.20. The van der Waals surface area contributed by atoms with Gasteiger partial charge in [0.05, 0.1) is 19.8 Å². The summed E-state index contributed by atoms with van der Waals surface area (Å²) < 4.78 is 11.5. The normalized spacial score (nSPS) is 13.8. The van der Waals surface area contributed by atoms with E-state index in [0.717, 1.165) is 49.0 Å². The van der Waals surface area contributed by atoms with Crippen LogP contribution in [0.1, 0.15) is 38.7 Å². The molecule has 2 rings (SSSR count). The van der Waals surface area contributed by atoms with Crippen LogP contribution in [0.25, 0.3) is 0 Å². The van der Waals surface area contributed by atoms with Crippen molar-refractivity contribution in [1.29, 1.82) is 0 Å². The van der Waals surface area contributed by atoms with Crippen LogP contribution in [0.2, 0.25) is 0 Å². The number of hydrogen-bond donors (Lipinski definition) is 1. The van der Waals surface area contributed by atoms with Crippen LogP contribution < -0.4 is 14.8 Å². The van der Waals surface area contributed by atoms with Gasteiger partial charge in [0.15, 0.2) is 11.5 Å². The van der Waals surface area contributed by atoms with E-state index in [1.165, 1.54) is 12.8 Å². The van der Waals surface area contributed by atoms with Crippen molar-refractivity contribution in [2.45, 2.75) is 33.1 Å². The Kier molecular flexibility index (Phi) is 5.71. The van der Waals surface area contributed by atoms with Crippen molar-refractivity contribution in [3.05, 3.63) is 23.8 Å². The van der Waals surface area contributed by atoms with E-state index in [4.69, 9.17) is 9.47 Å². The molecule has 1 heterocycles. The quantitative estimate of drug-likeness (QED) is 0.742. The maximum Gasteiger partial charge on any atom is 0.161 e. The average Bonchev–Trinajstić information content (AvgIpc) is 2.99. The van der Waals surface area contributed by atoms with Crippen molar-refractivity contribution in [3.8, 4) is 11.5 Å². The molecule has 0 bridgehead atoms. The molecule has 1 aliphatic rings. The molecule has 0 aromatic heterocycles. The molecule has 20 heavy (non-hydrogen) atoms. The number of nitrogens with zero attached hydrogens (tertiary/aromatic N) is 1. The SMILES string of the molecule is CCCCCOc1ccc(C2=NCCN2)cc1OCC. The monoisotopic (exact) mass is 276 g/mol. The van der Waals surface area contributed by atoms with E-state index in [-0.39, 0.29) is 0 Å². The lowest BCUT2D eigenvalue weighted by Crippen LogP contribution is -2.19. The Hall–Kier alpha value is -1.71. The third kappa shape index (κ3) is 3.89. The molecule has 0 radical (unpaired) electrons. The maximum absolute atomic E-state index is 5.82. The minimum atomic E-state index is 0.634. The second-order valence-electron chi connectivity index (χ2n) is 4.81. The Labute approximate surface area is 121 Å². The first-order chi connectivity index (χ1) is 9.85. The molecule has 0 aliphatic carbocycles. The van der Waals surface area contributed by atoms with Crippen LogP contribution in [0, 0.1) is 0 Å². The van der Waals surface area contributed by atoms with Crippen LogP contribution in [0.15, 0.2) is 23.2 Å². The van der Waals surface area contributed by atoms with Gasteiger partial charge in [-0.05, 0) is 31.5 Å². The molecule has 0 atom stereocenters. The Bertz CT molecular complexity index is 458. The van der Waals surface area contributed by atoms with Gasteiger partial charge in [0.1, 0.15) is 5.84 Å². The molecule has 1 N–H and O–H groups in total. The number of hydrogen-bond acceptors (Lipinski definition) is 4. The van der Waals surface area contributed by atoms with E-state index in [9.17, 15) is 0 Å². The van der Waals surface area contributed by atoms with Crippen LogP contribution in [0.3, 0.4) is 0 Å². The van der Waals surface area contributed by atoms with Gasteiger partial charge in [0, 0.05) is 12.1 Å². The molecule has 0 amide bonds. The molecular weight excluding hydrogens is 252 g/mol. The first-order valence-electron chi connectivity index (χ1n) is 7.53. The molecule has 0 fully saturated rings. The number of rotatable bonds is 8. The van der Waals surface area contributed by atoms with Crippen LogP contribution in [-0.4, -0.2) is 32.1 Å². The lowest BCUT2D eigenvalue weighted by Gasteiger charge is -2.13. The maximum atomic E-state index is 5.82. The zero-order chi connectivity index (χ0) is 14.2. The summed E-state index contributed by atoms with van der Waals surface area (Å²) in [6, 6.07) is 6.03.